The predicted molar refractivity (Wildman–Crippen MR) is 119 cm³/mol. The van der Waals surface area contributed by atoms with E-state index in [0.717, 1.165) is 5.69 Å². The summed E-state index contributed by atoms with van der Waals surface area (Å²) in [5.74, 6) is -1.64. The number of nitriles is 1. The van der Waals surface area contributed by atoms with E-state index in [-0.39, 0.29) is 11.5 Å². The van der Waals surface area contributed by atoms with Crippen LogP contribution in [0.15, 0.2) is 54.1 Å². The predicted octanol–water partition coefficient (Wildman–Crippen LogP) is 3.19. The number of amides is 2. The fourth-order valence-corrected chi connectivity index (χ4v) is 2.53. The van der Waals surface area contributed by atoms with Crippen molar-refractivity contribution in [1.82, 2.24) is 0 Å². The van der Waals surface area contributed by atoms with Crippen LogP contribution in [-0.4, -0.2) is 38.0 Å². The van der Waals surface area contributed by atoms with Crippen LogP contribution in [0.3, 0.4) is 0 Å². The quantitative estimate of drug-likeness (QED) is 0.404. The minimum absolute atomic E-state index is 0.202. The molecule has 2 N–H and O–H groups in total. The molecule has 160 valence electrons. The second kappa shape index (κ2) is 10.6. The third kappa shape index (κ3) is 7.01. The van der Waals surface area contributed by atoms with Crippen LogP contribution in [0, 0.1) is 11.3 Å². The van der Waals surface area contributed by atoms with E-state index in [1.807, 2.05) is 37.2 Å². The molecule has 0 unspecified atom stereocenters. The van der Waals surface area contributed by atoms with Crippen LogP contribution >= 0.6 is 0 Å². The number of hydrogen-bond donors (Lipinski definition) is 2. The lowest BCUT2D eigenvalue weighted by Crippen LogP contribution is -2.30. The van der Waals surface area contributed by atoms with Crippen LogP contribution in [0.25, 0.3) is 6.08 Å². The molecular formula is C23H24N4O4. The molecule has 0 saturated carbocycles. The van der Waals surface area contributed by atoms with E-state index in [0.29, 0.717) is 16.9 Å². The molecule has 0 aliphatic rings. The summed E-state index contributed by atoms with van der Waals surface area (Å²) in [6, 6.07) is 15.6. The normalized spacial score (nSPS) is 11.6. The highest BCUT2D eigenvalue weighted by Crippen LogP contribution is 2.16. The Morgan fingerprint density at radius 2 is 1.55 bits per heavy atom. The molecule has 2 amide bonds. The third-order valence-corrected chi connectivity index (χ3v) is 4.19. The van der Waals surface area contributed by atoms with Crippen molar-refractivity contribution in [1.29, 1.82) is 5.26 Å². The smallest absolute Gasteiger partial charge is 0.349 e. The first-order valence-electron chi connectivity index (χ1n) is 9.48. The minimum atomic E-state index is -1.12. The maximum Gasteiger partial charge on any atom is 0.349 e. The SMILES string of the molecule is CC(=O)Nc1ccc(NC(=O)[C@H](C)OC(=O)/C(C#N)=C/c2ccc(N(C)C)cc2)cc1. The summed E-state index contributed by atoms with van der Waals surface area (Å²) in [5, 5.41) is 14.6. The Labute approximate surface area is 181 Å². The van der Waals surface area contributed by atoms with Gasteiger partial charge in [0, 0.05) is 38.1 Å². The third-order valence-electron chi connectivity index (χ3n) is 4.19. The van der Waals surface area contributed by atoms with Crippen molar-refractivity contribution >= 4 is 40.9 Å². The van der Waals surface area contributed by atoms with E-state index < -0.39 is 18.0 Å². The minimum Gasteiger partial charge on any atom is -0.448 e. The van der Waals surface area contributed by atoms with Crippen molar-refractivity contribution in [3.8, 4) is 6.07 Å². The van der Waals surface area contributed by atoms with E-state index in [1.165, 1.54) is 19.9 Å². The van der Waals surface area contributed by atoms with Gasteiger partial charge in [0.15, 0.2) is 6.10 Å². The average molecular weight is 420 g/mol. The van der Waals surface area contributed by atoms with Gasteiger partial charge in [-0.2, -0.15) is 5.26 Å². The number of nitrogens with one attached hydrogen (secondary N) is 2. The molecule has 0 aliphatic carbocycles. The van der Waals surface area contributed by atoms with Gasteiger partial charge < -0.3 is 20.3 Å². The molecule has 0 bridgehead atoms. The molecule has 2 aromatic carbocycles. The van der Waals surface area contributed by atoms with Gasteiger partial charge in [-0.1, -0.05) is 12.1 Å². The van der Waals surface area contributed by atoms with Gasteiger partial charge in [0.25, 0.3) is 5.91 Å². The van der Waals surface area contributed by atoms with Gasteiger partial charge in [-0.05, 0) is 55.0 Å². The topological polar surface area (TPSA) is 112 Å². The Balaban J connectivity index is 1.99. The number of esters is 1. The maximum atomic E-state index is 12.3. The van der Waals surface area contributed by atoms with E-state index in [4.69, 9.17) is 4.74 Å². The van der Waals surface area contributed by atoms with Crippen LogP contribution in [0.5, 0.6) is 0 Å². The lowest BCUT2D eigenvalue weighted by Gasteiger charge is -2.14. The summed E-state index contributed by atoms with van der Waals surface area (Å²) in [5.41, 5.74) is 2.49. The fourth-order valence-electron chi connectivity index (χ4n) is 2.53. The van der Waals surface area contributed by atoms with Gasteiger partial charge in [-0.3, -0.25) is 9.59 Å². The summed E-state index contributed by atoms with van der Waals surface area (Å²) in [6.45, 7) is 2.81. The van der Waals surface area contributed by atoms with Gasteiger partial charge in [0.1, 0.15) is 11.6 Å². The second-order valence-corrected chi connectivity index (χ2v) is 6.95. The maximum absolute atomic E-state index is 12.3. The number of carbonyl (C=O) groups excluding carboxylic acids is 3. The van der Waals surface area contributed by atoms with Crippen molar-refractivity contribution in [2.45, 2.75) is 20.0 Å². The Morgan fingerprint density at radius 1 is 1.00 bits per heavy atom. The van der Waals surface area contributed by atoms with Crippen molar-refractivity contribution in [3.63, 3.8) is 0 Å². The lowest BCUT2D eigenvalue weighted by molar-refractivity contribution is -0.148. The second-order valence-electron chi connectivity index (χ2n) is 6.95. The first-order valence-corrected chi connectivity index (χ1v) is 9.48. The Morgan fingerprint density at radius 3 is 2.03 bits per heavy atom. The average Bonchev–Trinajstić information content (AvgIpc) is 2.73. The largest absolute Gasteiger partial charge is 0.448 e. The number of ether oxygens (including phenoxy) is 1. The standard InChI is InChI=1S/C23H24N4O4/c1-15(22(29)26-20-9-7-19(8-10-20)25-16(2)28)31-23(30)18(14-24)13-17-5-11-21(12-6-17)27(3)4/h5-13,15H,1-4H3,(H,25,28)(H,26,29)/b18-13+/t15-/m0/s1. The van der Waals surface area contributed by atoms with E-state index in [9.17, 15) is 19.6 Å². The molecule has 31 heavy (non-hydrogen) atoms. The molecule has 8 nitrogen and oxygen atoms in total. The zero-order valence-electron chi connectivity index (χ0n) is 17.8. The molecule has 0 fully saturated rings. The number of nitrogens with zero attached hydrogens (tertiary/aromatic N) is 2. The molecule has 2 rings (SSSR count). The van der Waals surface area contributed by atoms with Gasteiger partial charge in [0.05, 0.1) is 0 Å². The van der Waals surface area contributed by atoms with E-state index in [2.05, 4.69) is 10.6 Å². The number of hydrogen-bond acceptors (Lipinski definition) is 6. The molecule has 0 radical (unpaired) electrons. The number of anilines is 3. The monoisotopic (exact) mass is 420 g/mol. The van der Waals surface area contributed by atoms with Crippen molar-refractivity contribution in [2.24, 2.45) is 0 Å². The number of carbonyl (C=O) groups is 3. The molecule has 0 spiro atoms. The van der Waals surface area contributed by atoms with Crippen molar-refractivity contribution < 1.29 is 19.1 Å². The van der Waals surface area contributed by atoms with Crippen molar-refractivity contribution in [3.05, 3.63) is 59.7 Å². The van der Waals surface area contributed by atoms with E-state index >= 15 is 0 Å². The Kier molecular flexibility index (Phi) is 7.92. The highest BCUT2D eigenvalue weighted by Gasteiger charge is 2.20. The highest BCUT2D eigenvalue weighted by atomic mass is 16.5. The van der Waals surface area contributed by atoms with Crippen LogP contribution in [0.2, 0.25) is 0 Å². The van der Waals surface area contributed by atoms with Crippen LogP contribution < -0.4 is 15.5 Å². The van der Waals surface area contributed by atoms with Gasteiger partial charge in [-0.25, -0.2) is 4.79 Å². The Hall–Kier alpha value is -4.12. The number of benzene rings is 2. The molecule has 0 saturated heterocycles. The van der Waals surface area contributed by atoms with Crippen LogP contribution in [0.1, 0.15) is 19.4 Å². The first kappa shape index (κ1) is 23.2. The fraction of sp³-hybridized carbons (Fsp3) is 0.217. The van der Waals surface area contributed by atoms with Gasteiger partial charge in [0.2, 0.25) is 5.91 Å². The molecule has 0 aromatic heterocycles. The highest BCUT2D eigenvalue weighted by molar-refractivity contribution is 6.01. The molecule has 8 heteroatoms. The van der Waals surface area contributed by atoms with Gasteiger partial charge >= 0.3 is 5.97 Å². The zero-order chi connectivity index (χ0) is 23.0. The van der Waals surface area contributed by atoms with Crippen molar-refractivity contribution in [2.75, 3.05) is 29.6 Å². The number of rotatable bonds is 7. The lowest BCUT2D eigenvalue weighted by atomic mass is 10.1. The van der Waals surface area contributed by atoms with E-state index in [1.54, 1.807) is 36.4 Å². The molecular weight excluding hydrogens is 396 g/mol. The zero-order valence-corrected chi connectivity index (χ0v) is 17.8. The molecule has 0 heterocycles. The van der Waals surface area contributed by atoms with Gasteiger partial charge in [-0.15, -0.1) is 0 Å². The summed E-state index contributed by atoms with van der Waals surface area (Å²) < 4.78 is 5.14. The summed E-state index contributed by atoms with van der Waals surface area (Å²) >= 11 is 0. The first-order chi connectivity index (χ1) is 14.7. The summed E-state index contributed by atoms with van der Waals surface area (Å²) in [4.78, 5) is 37.6. The Bertz CT molecular complexity index is 1020. The summed E-state index contributed by atoms with van der Waals surface area (Å²) in [7, 11) is 3.82. The van der Waals surface area contributed by atoms with Crippen LogP contribution in [-0.2, 0) is 19.1 Å². The molecule has 2 aromatic rings. The van der Waals surface area contributed by atoms with Crippen LogP contribution in [0.4, 0.5) is 17.1 Å². The molecule has 0 aliphatic heterocycles. The summed E-state index contributed by atoms with van der Waals surface area (Å²) in [6.07, 6.45) is 0.294. The molecule has 1 atom stereocenters.